The molecular formula is C19H19FN4O3. The standard InChI is InChI=1S/C19H19FN4O3/c1-19(2,3)18-23-15(27-24-18)11-26-17(25)12-7-6-10-21-16(12)22-14-9-5-4-8-13(14)20/h4-10H,11H2,1-3H3,(H,21,22). The van der Waals surface area contributed by atoms with Gasteiger partial charge >= 0.3 is 5.97 Å². The summed E-state index contributed by atoms with van der Waals surface area (Å²) < 4.78 is 24.2. The average Bonchev–Trinajstić information content (AvgIpc) is 3.12. The summed E-state index contributed by atoms with van der Waals surface area (Å²) in [5.41, 5.74) is 0.0969. The lowest BCUT2D eigenvalue weighted by Gasteiger charge is -2.11. The number of nitrogens with one attached hydrogen (secondary N) is 1. The molecule has 0 spiro atoms. The Kier molecular flexibility index (Phi) is 5.16. The fourth-order valence-electron chi connectivity index (χ4n) is 2.18. The topological polar surface area (TPSA) is 90.1 Å². The number of benzene rings is 1. The van der Waals surface area contributed by atoms with Crippen LogP contribution in [0.5, 0.6) is 0 Å². The van der Waals surface area contributed by atoms with E-state index in [0.29, 0.717) is 5.82 Å². The summed E-state index contributed by atoms with van der Waals surface area (Å²) in [4.78, 5) is 20.7. The molecule has 0 bridgehead atoms. The molecule has 0 aliphatic carbocycles. The zero-order valence-corrected chi connectivity index (χ0v) is 15.2. The molecule has 1 N–H and O–H groups in total. The molecule has 0 atom stereocenters. The first-order valence-electron chi connectivity index (χ1n) is 8.31. The molecule has 0 aliphatic heterocycles. The summed E-state index contributed by atoms with van der Waals surface area (Å²) in [6.07, 6.45) is 1.49. The van der Waals surface area contributed by atoms with E-state index < -0.39 is 11.8 Å². The molecule has 0 fully saturated rings. The fraction of sp³-hybridized carbons (Fsp3) is 0.263. The normalized spacial score (nSPS) is 11.3. The zero-order valence-electron chi connectivity index (χ0n) is 15.2. The van der Waals surface area contributed by atoms with Gasteiger partial charge in [-0.2, -0.15) is 4.98 Å². The first kappa shape index (κ1) is 18.5. The number of carbonyl (C=O) groups excluding carboxylic acids is 1. The first-order valence-corrected chi connectivity index (χ1v) is 8.31. The molecule has 0 amide bonds. The number of aromatic nitrogens is 3. The highest BCUT2D eigenvalue weighted by atomic mass is 19.1. The van der Waals surface area contributed by atoms with E-state index in [1.807, 2.05) is 20.8 Å². The molecule has 7 nitrogen and oxygen atoms in total. The Hall–Kier alpha value is -3.29. The van der Waals surface area contributed by atoms with Gasteiger partial charge < -0.3 is 14.6 Å². The lowest BCUT2D eigenvalue weighted by atomic mass is 9.96. The molecule has 0 aliphatic rings. The summed E-state index contributed by atoms with van der Waals surface area (Å²) in [6.45, 7) is 5.67. The smallest absolute Gasteiger partial charge is 0.342 e. The Labute approximate surface area is 155 Å². The molecule has 0 radical (unpaired) electrons. The van der Waals surface area contributed by atoms with Crippen molar-refractivity contribution in [1.29, 1.82) is 0 Å². The second-order valence-electron chi connectivity index (χ2n) is 6.84. The number of esters is 1. The summed E-state index contributed by atoms with van der Waals surface area (Å²) in [5, 5.41) is 6.68. The quantitative estimate of drug-likeness (QED) is 0.679. The molecule has 27 heavy (non-hydrogen) atoms. The number of rotatable bonds is 5. The van der Waals surface area contributed by atoms with E-state index in [4.69, 9.17) is 9.26 Å². The SMILES string of the molecule is CC(C)(C)c1noc(COC(=O)c2cccnc2Nc2ccccc2F)n1. The zero-order chi connectivity index (χ0) is 19.4. The van der Waals surface area contributed by atoms with Gasteiger partial charge in [0.25, 0.3) is 5.89 Å². The largest absolute Gasteiger partial charge is 0.452 e. The first-order chi connectivity index (χ1) is 12.8. The molecule has 3 aromatic rings. The van der Waals surface area contributed by atoms with Crippen LogP contribution in [0.4, 0.5) is 15.9 Å². The van der Waals surface area contributed by atoms with E-state index in [0.717, 1.165) is 0 Å². The van der Waals surface area contributed by atoms with Gasteiger partial charge in [-0.3, -0.25) is 0 Å². The molecule has 140 valence electrons. The highest BCUT2D eigenvalue weighted by molar-refractivity contribution is 5.95. The summed E-state index contributed by atoms with van der Waals surface area (Å²) >= 11 is 0. The number of para-hydroxylation sites is 1. The van der Waals surface area contributed by atoms with Gasteiger partial charge in [-0.1, -0.05) is 38.1 Å². The number of carbonyl (C=O) groups is 1. The lowest BCUT2D eigenvalue weighted by molar-refractivity contribution is 0.0430. The maximum absolute atomic E-state index is 13.8. The molecule has 1 aromatic carbocycles. The van der Waals surface area contributed by atoms with Crippen LogP contribution in [0.15, 0.2) is 47.1 Å². The number of hydrogen-bond donors (Lipinski definition) is 1. The van der Waals surface area contributed by atoms with Crippen molar-refractivity contribution in [3.63, 3.8) is 0 Å². The van der Waals surface area contributed by atoms with Gasteiger partial charge in [0.1, 0.15) is 17.2 Å². The van der Waals surface area contributed by atoms with Crippen molar-refractivity contribution in [2.24, 2.45) is 0 Å². The van der Waals surface area contributed by atoms with Crippen molar-refractivity contribution in [2.45, 2.75) is 32.8 Å². The number of anilines is 2. The van der Waals surface area contributed by atoms with E-state index in [1.54, 1.807) is 24.3 Å². The highest BCUT2D eigenvalue weighted by Gasteiger charge is 2.22. The van der Waals surface area contributed by atoms with Gasteiger partial charge in [-0.05, 0) is 24.3 Å². The van der Waals surface area contributed by atoms with Crippen molar-refractivity contribution in [1.82, 2.24) is 15.1 Å². The molecule has 2 aromatic heterocycles. The second-order valence-corrected chi connectivity index (χ2v) is 6.84. The van der Waals surface area contributed by atoms with E-state index in [9.17, 15) is 9.18 Å². The van der Waals surface area contributed by atoms with Crippen LogP contribution in [0.2, 0.25) is 0 Å². The molecule has 0 saturated heterocycles. The summed E-state index contributed by atoms with van der Waals surface area (Å²) in [6, 6.07) is 9.23. The maximum Gasteiger partial charge on any atom is 0.342 e. The minimum absolute atomic E-state index is 0.163. The Morgan fingerprint density at radius 1 is 1.22 bits per heavy atom. The maximum atomic E-state index is 13.8. The summed E-state index contributed by atoms with van der Waals surface area (Å²) in [7, 11) is 0. The van der Waals surface area contributed by atoms with Gasteiger partial charge in [-0.15, -0.1) is 0 Å². The molecule has 8 heteroatoms. The summed E-state index contributed by atoms with van der Waals surface area (Å²) in [5.74, 6) is -0.188. The van der Waals surface area contributed by atoms with Crippen LogP contribution < -0.4 is 5.32 Å². The van der Waals surface area contributed by atoms with Crippen LogP contribution in [0.1, 0.15) is 42.8 Å². The Bertz CT molecular complexity index is 950. The van der Waals surface area contributed by atoms with Gasteiger partial charge in [-0.25, -0.2) is 14.2 Å². The predicted octanol–water partition coefficient (Wildman–Crippen LogP) is 4.00. The predicted molar refractivity (Wildman–Crippen MR) is 96.0 cm³/mol. The van der Waals surface area contributed by atoms with Gasteiger partial charge in [0.05, 0.1) is 5.69 Å². The van der Waals surface area contributed by atoms with E-state index >= 15 is 0 Å². The molecule has 2 heterocycles. The number of halogens is 1. The van der Waals surface area contributed by atoms with Crippen LogP contribution in [0, 0.1) is 5.82 Å². The molecule has 3 rings (SSSR count). The highest BCUT2D eigenvalue weighted by Crippen LogP contribution is 2.22. The van der Waals surface area contributed by atoms with Gasteiger partial charge in [0, 0.05) is 11.6 Å². The van der Waals surface area contributed by atoms with Gasteiger partial charge in [0.15, 0.2) is 12.4 Å². The lowest BCUT2D eigenvalue weighted by Crippen LogP contribution is -2.13. The van der Waals surface area contributed by atoms with Crippen molar-refractivity contribution in [2.75, 3.05) is 5.32 Å². The average molecular weight is 370 g/mol. The Balaban J connectivity index is 1.72. The number of hydrogen-bond acceptors (Lipinski definition) is 7. The third-order valence-corrected chi connectivity index (χ3v) is 3.62. The van der Waals surface area contributed by atoms with E-state index in [-0.39, 0.29) is 35.0 Å². The van der Waals surface area contributed by atoms with Gasteiger partial charge in [0.2, 0.25) is 0 Å². The third-order valence-electron chi connectivity index (χ3n) is 3.62. The van der Waals surface area contributed by atoms with Crippen LogP contribution in [0.25, 0.3) is 0 Å². The van der Waals surface area contributed by atoms with Crippen LogP contribution in [0.3, 0.4) is 0 Å². The third kappa shape index (κ3) is 4.46. The Morgan fingerprint density at radius 3 is 2.70 bits per heavy atom. The fourth-order valence-corrected chi connectivity index (χ4v) is 2.18. The van der Waals surface area contributed by atoms with Crippen LogP contribution >= 0.6 is 0 Å². The second kappa shape index (κ2) is 7.53. The number of pyridine rings is 1. The number of ether oxygens (including phenoxy) is 1. The van der Waals surface area contributed by atoms with E-state index in [1.165, 1.54) is 18.3 Å². The van der Waals surface area contributed by atoms with Crippen molar-refractivity contribution in [3.8, 4) is 0 Å². The molecular weight excluding hydrogens is 351 g/mol. The monoisotopic (exact) mass is 370 g/mol. The van der Waals surface area contributed by atoms with Crippen molar-refractivity contribution < 1.29 is 18.4 Å². The van der Waals surface area contributed by atoms with Crippen LogP contribution in [-0.4, -0.2) is 21.1 Å². The van der Waals surface area contributed by atoms with E-state index in [2.05, 4.69) is 20.4 Å². The molecule has 0 saturated carbocycles. The minimum Gasteiger partial charge on any atom is -0.452 e. The minimum atomic E-state index is -0.641. The number of nitrogens with zero attached hydrogens (tertiary/aromatic N) is 3. The molecule has 0 unspecified atom stereocenters. The van der Waals surface area contributed by atoms with Crippen molar-refractivity contribution >= 4 is 17.5 Å². The van der Waals surface area contributed by atoms with Crippen molar-refractivity contribution in [3.05, 3.63) is 65.7 Å². The Morgan fingerprint density at radius 2 is 2.00 bits per heavy atom. The van der Waals surface area contributed by atoms with Crippen LogP contribution in [-0.2, 0) is 16.8 Å².